The first-order chi connectivity index (χ1) is 12.4. The Morgan fingerprint density at radius 1 is 0.885 bits per heavy atom. The van der Waals surface area contributed by atoms with Crippen molar-refractivity contribution in [1.82, 2.24) is 4.98 Å². The number of rotatable bonds is 8. The first kappa shape index (κ1) is 20.6. The first-order valence-corrected chi connectivity index (χ1v) is 10.1. The highest BCUT2D eigenvalue weighted by molar-refractivity contribution is 5.73. The van der Waals surface area contributed by atoms with E-state index in [0.717, 1.165) is 17.7 Å². The van der Waals surface area contributed by atoms with Crippen LogP contribution in [0.4, 0.5) is 0 Å². The van der Waals surface area contributed by atoms with Gasteiger partial charge in [0.25, 0.3) is 0 Å². The molecule has 2 aromatic rings. The predicted octanol–water partition coefficient (Wildman–Crippen LogP) is 6.53. The van der Waals surface area contributed by atoms with Gasteiger partial charge in [-0.25, -0.2) is 0 Å². The van der Waals surface area contributed by atoms with Crippen LogP contribution in [-0.4, -0.2) is 10.1 Å². The summed E-state index contributed by atoms with van der Waals surface area (Å²) in [6.45, 7) is 13.2. The first-order valence-electron chi connectivity index (χ1n) is 10.1. The van der Waals surface area contributed by atoms with E-state index in [0.29, 0.717) is 11.8 Å². The highest BCUT2D eigenvalue weighted by Gasteiger charge is 2.22. The number of hydrogen-bond donors (Lipinski definition) is 1. The van der Waals surface area contributed by atoms with Crippen LogP contribution in [0.15, 0.2) is 24.3 Å². The van der Waals surface area contributed by atoms with Crippen LogP contribution in [0.1, 0.15) is 93.8 Å². The van der Waals surface area contributed by atoms with Gasteiger partial charge in [0.1, 0.15) is 0 Å². The fraction of sp³-hybridized carbons (Fsp3) is 0.542. The van der Waals surface area contributed by atoms with Gasteiger partial charge in [-0.3, -0.25) is 4.98 Å². The van der Waals surface area contributed by atoms with Crippen LogP contribution < -0.4 is 0 Å². The number of hydrogen-bond acceptors (Lipinski definition) is 2. The van der Waals surface area contributed by atoms with E-state index in [1.807, 2.05) is 0 Å². The van der Waals surface area contributed by atoms with Crippen molar-refractivity contribution in [3.05, 3.63) is 52.3 Å². The summed E-state index contributed by atoms with van der Waals surface area (Å²) in [6.07, 6.45) is 4.64. The second-order valence-corrected chi connectivity index (χ2v) is 8.01. The number of aryl methyl sites for hydroxylation is 1. The standard InChI is InChI=1S/C24H35NO/c1-7-8-9-10-20-22(19-13-11-18(6)12-14-19)21(15-26)24(17(4)5)25-23(20)16(2)3/h11-14,16-17,26H,7-10,15H2,1-6H3. The summed E-state index contributed by atoms with van der Waals surface area (Å²) in [5.74, 6) is 0.671. The van der Waals surface area contributed by atoms with E-state index < -0.39 is 0 Å². The summed E-state index contributed by atoms with van der Waals surface area (Å²) in [7, 11) is 0. The van der Waals surface area contributed by atoms with Crippen molar-refractivity contribution in [1.29, 1.82) is 0 Å². The third-order valence-corrected chi connectivity index (χ3v) is 5.09. The molecule has 2 nitrogen and oxygen atoms in total. The van der Waals surface area contributed by atoms with Crippen LogP contribution >= 0.6 is 0 Å². The van der Waals surface area contributed by atoms with Gasteiger partial charge < -0.3 is 5.11 Å². The number of nitrogens with zero attached hydrogens (tertiary/aromatic N) is 1. The van der Waals surface area contributed by atoms with Gasteiger partial charge in [-0.15, -0.1) is 0 Å². The minimum absolute atomic E-state index is 0.0445. The monoisotopic (exact) mass is 353 g/mol. The second-order valence-electron chi connectivity index (χ2n) is 8.01. The molecule has 0 fully saturated rings. The summed E-state index contributed by atoms with van der Waals surface area (Å²) < 4.78 is 0. The Balaban J connectivity index is 2.77. The number of benzene rings is 1. The maximum absolute atomic E-state index is 10.2. The fourth-order valence-corrected chi connectivity index (χ4v) is 3.69. The minimum Gasteiger partial charge on any atom is -0.392 e. The molecule has 1 aromatic carbocycles. The van der Waals surface area contributed by atoms with Crippen molar-refractivity contribution in [3.63, 3.8) is 0 Å². The van der Waals surface area contributed by atoms with Gasteiger partial charge in [-0.1, -0.05) is 77.3 Å². The van der Waals surface area contributed by atoms with E-state index in [1.165, 1.54) is 47.2 Å². The lowest BCUT2D eigenvalue weighted by molar-refractivity contribution is 0.279. The quantitative estimate of drug-likeness (QED) is 0.547. The van der Waals surface area contributed by atoms with E-state index in [9.17, 15) is 5.11 Å². The Morgan fingerprint density at radius 2 is 1.46 bits per heavy atom. The minimum atomic E-state index is 0.0445. The Labute approximate surface area is 159 Å². The lowest BCUT2D eigenvalue weighted by Crippen LogP contribution is -2.12. The molecule has 0 aliphatic rings. The molecule has 1 aromatic heterocycles. The molecular formula is C24H35NO. The van der Waals surface area contributed by atoms with Gasteiger partial charge >= 0.3 is 0 Å². The average molecular weight is 354 g/mol. The molecule has 2 heteroatoms. The number of aromatic nitrogens is 1. The van der Waals surface area contributed by atoms with Crippen LogP contribution in [-0.2, 0) is 13.0 Å². The van der Waals surface area contributed by atoms with Crippen molar-refractivity contribution >= 4 is 0 Å². The summed E-state index contributed by atoms with van der Waals surface area (Å²) in [4.78, 5) is 5.06. The molecule has 2 rings (SSSR count). The summed E-state index contributed by atoms with van der Waals surface area (Å²) in [5, 5.41) is 10.2. The molecule has 1 heterocycles. The number of pyridine rings is 1. The molecule has 0 saturated heterocycles. The fourth-order valence-electron chi connectivity index (χ4n) is 3.69. The van der Waals surface area contributed by atoms with Gasteiger partial charge in [-0.2, -0.15) is 0 Å². The van der Waals surface area contributed by atoms with E-state index in [2.05, 4.69) is 65.8 Å². The van der Waals surface area contributed by atoms with Gasteiger partial charge in [0.2, 0.25) is 0 Å². The van der Waals surface area contributed by atoms with E-state index in [4.69, 9.17) is 4.98 Å². The molecule has 142 valence electrons. The predicted molar refractivity (Wildman–Crippen MR) is 112 cm³/mol. The van der Waals surface area contributed by atoms with Crippen LogP contribution in [0, 0.1) is 6.92 Å². The smallest absolute Gasteiger partial charge is 0.0705 e. The molecule has 0 aliphatic carbocycles. The van der Waals surface area contributed by atoms with Crippen molar-refractivity contribution in [2.24, 2.45) is 0 Å². The van der Waals surface area contributed by atoms with Crippen LogP contribution in [0.3, 0.4) is 0 Å². The highest BCUT2D eigenvalue weighted by Crippen LogP contribution is 2.37. The molecule has 1 N–H and O–H groups in total. The van der Waals surface area contributed by atoms with E-state index in [1.54, 1.807) is 0 Å². The number of aliphatic hydroxyl groups is 1. The molecule has 0 unspecified atom stereocenters. The van der Waals surface area contributed by atoms with Crippen LogP contribution in [0.5, 0.6) is 0 Å². The zero-order valence-electron chi connectivity index (χ0n) is 17.4. The number of aliphatic hydroxyl groups excluding tert-OH is 1. The maximum atomic E-state index is 10.2. The summed E-state index contributed by atoms with van der Waals surface area (Å²) in [6, 6.07) is 8.72. The van der Waals surface area contributed by atoms with Crippen LogP contribution in [0.25, 0.3) is 11.1 Å². The van der Waals surface area contributed by atoms with Crippen molar-refractivity contribution in [2.45, 2.75) is 85.7 Å². The average Bonchev–Trinajstić information content (AvgIpc) is 2.61. The Hall–Kier alpha value is -1.67. The van der Waals surface area contributed by atoms with Crippen molar-refractivity contribution in [2.75, 3.05) is 0 Å². The molecule has 0 atom stereocenters. The lowest BCUT2D eigenvalue weighted by atomic mass is 9.85. The molecule has 0 radical (unpaired) electrons. The van der Waals surface area contributed by atoms with Gasteiger partial charge in [0, 0.05) is 17.0 Å². The zero-order chi connectivity index (χ0) is 19.3. The SMILES string of the molecule is CCCCCc1c(C(C)C)nc(C(C)C)c(CO)c1-c1ccc(C)cc1. The Morgan fingerprint density at radius 3 is 1.96 bits per heavy atom. The largest absolute Gasteiger partial charge is 0.392 e. The zero-order valence-corrected chi connectivity index (χ0v) is 17.4. The molecule has 0 aliphatic heterocycles. The molecule has 0 saturated carbocycles. The number of unbranched alkanes of at least 4 members (excludes halogenated alkanes) is 2. The van der Waals surface area contributed by atoms with Gasteiger partial charge in [0.15, 0.2) is 0 Å². The molecule has 26 heavy (non-hydrogen) atoms. The van der Waals surface area contributed by atoms with Gasteiger partial charge in [-0.05, 0) is 48.3 Å². The lowest BCUT2D eigenvalue weighted by Gasteiger charge is -2.24. The van der Waals surface area contributed by atoms with Crippen LogP contribution in [0.2, 0.25) is 0 Å². The Bertz CT molecular complexity index is 714. The third kappa shape index (κ3) is 4.54. The Kier molecular flexibility index (Phi) is 7.40. The molecule has 0 spiro atoms. The van der Waals surface area contributed by atoms with Crippen molar-refractivity contribution < 1.29 is 5.11 Å². The topological polar surface area (TPSA) is 33.1 Å². The third-order valence-electron chi connectivity index (χ3n) is 5.09. The maximum Gasteiger partial charge on any atom is 0.0705 e. The second kappa shape index (κ2) is 9.32. The molecule has 0 amide bonds. The van der Waals surface area contributed by atoms with E-state index in [-0.39, 0.29) is 6.61 Å². The van der Waals surface area contributed by atoms with Gasteiger partial charge in [0.05, 0.1) is 6.61 Å². The summed E-state index contributed by atoms with van der Waals surface area (Å²) in [5.41, 5.74) is 8.30. The highest BCUT2D eigenvalue weighted by atomic mass is 16.3. The molecular weight excluding hydrogens is 318 g/mol. The normalized spacial score (nSPS) is 11.6. The van der Waals surface area contributed by atoms with Crippen molar-refractivity contribution in [3.8, 4) is 11.1 Å². The van der Waals surface area contributed by atoms with E-state index >= 15 is 0 Å². The summed E-state index contributed by atoms with van der Waals surface area (Å²) >= 11 is 0. The molecule has 0 bridgehead atoms.